The number of nitrogen functional groups attached to an aromatic ring is 2. The summed E-state index contributed by atoms with van der Waals surface area (Å²) in [5.74, 6) is 0. The summed E-state index contributed by atoms with van der Waals surface area (Å²) in [4.78, 5) is 0. The summed E-state index contributed by atoms with van der Waals surface area (Å²) in [5, 5.41) is 0. The molecule has 2 nitrogen and oxygen atoms in total. The van der Waals surface area contributed by atoms with Crippen molar-refractivity contribution in [2.75, 3.05) is 11.5 Å². The van der Waals surface area contributed by atoms with Crippen molar-refractivity contribution >= 4 is 11.4 Å². The fourth-order valence-electron chi connectivity index (χ4n) is 2.40. The van der Waals surface area contributed by atoms with Gasteiger partial charge in [0.1, 0.15) is 0 Å². The second-order valence-electron chi connectivity index (χ2n) is 5.55. The third-order valence-corrected chi connectivity index (χ3v) is 3.65. The van der Waals surface area contributed by atoms with E-state index in [2.05, 4.69) is 0 Å². The molecular formula is C16H17F3N2. The van der Waals surface area contributed by atoms with E-state index in [4.69, 9.17) is 11.5 Å². The first-order valence-electron chi connectivity index (χ1n) is 6.45. The number of anilines is 2. The largest absolute Gasteiger partial charge is 0.416 e. The van der Waals surface area contributed by atoms with Crippen molar-refractivity contribution in [3.05, 3.63) is 59.2 Å². The van der Waals surface area contributed by atoms with E-state index in [0.29, 0.717) is 5.69 Å². The number of alkyl halides is 3. The lowest BCUT2D eigenvalue weighted by Gasteiger charge is -2.29. The van der Waals surface area contributed by atoms with Crippen LogP contribution in [-0.4, -0.2) is 0 Å². The summed E-state index contributed by atoms with van der Waals surface area (Å²) in [6.07, 6.45) is -4.45. The number of rotatable bonds is 2. The first kappa shape index (κ1) is 15.2. The van der Waals surface area contributed by atoms with E-state index in [-0.39, 0.29) is 11.3 Å². The van der Waals surface area contributed by atoms with Gasteiger partial charge in [0.15, 0.2) is 0 Å². The number of hydrogen-bond acceptors (Lipinski definition) is 2. The smallest absolute Gasteiger partial charge is 0.399 e. The van der Waals surface area contributed by atoms with Gasteiger partial charge in [0.25, 0.3) is 0 Å². The van der Waals surface area contributed by atoms with E-state index in [1.807, 2.05) is 0 Å². The molecule has 0 aliphatic heterocycles. The molecule has 0 spiro atoms. The maximum Gasteiger partial charge on any atom is 0.416 e. The van der Waals surface area contributed by atoms with Crippen LogP contribution in [0.5, 0.6) is 0 Å². The molecule has 0 fully saturated rings. The van der Waals surface area contributed by atoms with Gasteiger partial charge in [-0.1, -0.05) is 32.0 Å². The Bertz CT molecular complexity index is 644. The maximum absolute atomic E-state index is 13.3. The molecule has 4 N–H and O–H groups in total. The Morgan fingerprint density at radius 1 is 0.762 bits per heavy atom. The zero-order valence-corrected chi connectivity index (χ0v) is 11.8. The normalized spacial score (nSPS) is 12.4. The second-order valence-corrected chi connectivity index (χ2v) is 5.55. The molecule has 0 aliphatic rings. The SMILES string of the molecule is CC(C)(c1ccc(N)cc1)c1ccc(N)cc1C(F)(F)F. The molecule has 0 saturated heterocycles. The molecule has 2 aromatic carbocycles. The Balaban J connectivity index is 2.62. The Morgan fingerprint density at radius 2 is 1.29 bits per heavy atom. The lowest BCUT2D eigenvalue weighted by Crippen LogP contribution is -2.24. The fourth-order valence-corrected chi connectivity index (χ4v) is 2.40. The molecule has 21 heavy (non-hydrogen) atoms. The lowest BCUT2D eigenvalue weighted by molar-refractivity contribution is -0.138. The number of hydrogen-bond donors (Lipinski definition) is 2. The standard InChI is InChI=1S/C16H17F3N2/c1-15(2,10-3-5-11(20)6-4-10)13-8-7-12(21)9-14(13)16(17,18)19/h3-9H,20-21H2,1-2H3. The van der Waals surface area contributed by atoms with Gasteiger partial charge in [-0.25, -0.2) is 0 Å². The Morgan fingerprint density at radius 3 is 1.81 bits per heavy atom. The maximum atomic E-state index is 13.3. The van der Waals surface area contributed by atoms with Crippen molar-refractivity contribution in [1.82, 2.24) is 0 Å². The molecule has 0 heterocycles. The highest BCUT2D eigenvalue weighted by molar-refractivity contribution is 5.52. The van der Waals surface area contributed by atoms with Gasteiger partial charge in [-0.3, -0.25) is 0 Å². The third-order valence-electron chi connectivity index (χ3n) is 3.65. The topological polar surface area (TPSA) is 52.0 Å². The summed E-state index contributed by atoms with van der Waals surface area (Å²) in [6, 6.07) is 10.8. The second kappa shape index (κ2) is 4.98. The van der Waals surface area contributed by atoms with Gasteiger partial charge in [-0.15, -0.1) is 0 Å². The molecular weight excluding hydrogens is 277 g/mol. The minimum absolute atomic E-state index is 0.0965. The molecule has 0 radical (unpaired) electrons. The zero-order chi connectivity index (χ0) is 15.8. The predicted molar refractivity (Wildman–Crippen MR) is 78.8 cm³/mol. The average Bonchev–Trinajstić information content (AvgIpc) is 2.38. The van der Waals surface area contributed by atoms with Crippen LogP contribution < -0.4 is 11.5 Å². The zero-order valence-electron chi connectivity index (χ0n) is 11.8. The van der Waals surface area contributed by atoms with Crippen LogP contribution in [0.3, 0.4) is 0 Å². The van der Waals surface area contributed by atoms with Gasteiger partial charge >= 0.3 is 6.18 Å². The summed E-state index contributed by atoms with van der Waals surface area (Å²) in [6.45, 7) is 3.50. The molecule has 0 saturated carbocycles. The minimum Gasteiger partial charge on any atom is -0.399 e. The van der Waals surface area contributed by atoms with E-state index in [1.54, 1.807) is 38.1 Å². The molecule has 0 aliphatic carbocycles. The van der Waals surface area contributed by atoms with Crippen LogP contribution in [0.4, 0.5) is 24.5 Å². The first-order valence-corrected chi connectivity index (χ1v) is 6.45. The molecule has 112 valence electrons. The number of benzene rings is 2. The first-order chi connectivity index (χ1) is 9.62. The molecule has 0 amide bonds. The van der Waals surface area contributed by atoms with Crippen molar-refractivity contribution < 1.29 is 13.2 Å². The molecule has 0 atom stereocenters. The molecule has 2 rings (SSSR count). The van der Waals surface area contributed by atoms with E-state index < -0.39 is 17.2 Å². The minimum atomic E-state index is -4.45. The van der Waals surface area contributed by atoms with Crippen molar-refractivity contribution in [1.29, 1.82) is 0 Å². The highest BCUT2D eigenvalue weighted by Crippen LogP contribution is 2.41. The van der Waals surface area contributed by atoms with Gasteiger partial charge < -0.3 is 11.5 Å². The monoisotopic (exact) mass is 294 g/mol. The Kier molecular flexibility index (Phi) is 3.61. The van der Waals surface area contributed by atoms with Gasteiger partial charge in [0.2, 0.25) is 0 Å². The van der Waals surface area contributed by atoms with E-state index in [0.717, 1.165) is 11.6 Å². The lowest BCUT2D eigenvalue weighted by atomic mass is 9.76. The van der Waals surface area contributed by atoms with Gasteiger partial charge in [-0.2, -0.15) is 13.2 Å². The molecule has 0 bridgehead atoms. The third kappa shape index (κ3) is 2.96. The highest BCUT2D eigenvalue weighted by Gasteiger charge is 2.38. The van der Waals surface area contributed by atoms with Crippen LogP contribution in [0.25, 0.3) is 0 Å². The van der Waals surface area contributed by atoms with E-state index in [9.17, 15) is 13.2 Å². The van der Waals surface area contributed by atoms with Gasteiger partial charge in [-0.05, 0) is 35.4 Å². The van der Waals surface area contributed by atoms with Crippen LogP contribution in [0, 0.1) is 0 Å². The predicted octanol–water partition coefficient (Wildman–Crippen LogP) is 4.20. The molecule has 0 aromatic heterocycles. The van der Waals surface area contributed by atoms with Crippen molar-refractivity contribution in [2.45, 2.75) is 25.4 Å². The van der Waals surface area contributed by atoms with E-state index >= 15 is 0 Å². The molecule has 5 heteroatoms. The van der Waals surface area contributed by atoms with Crippen LogP contribution in [0.2, 0.25) is 0 Å². The highest BCUT2D eigenvalue weighted by atomic mass is 19.4. The van der Waals surface area contributed by atoms with Crippen molar-refractivity contribution in [3.63, 3.8) is 0 Å². The van der Waals surface area contributed by atoms with Gasteiger partial charge in [0.05, 0.1) is 5.56 Å². The summed E-state index contributed by atoms with van der Waals surface area (Å²) < 4.78 is 39.8. The molecule has 2 aromatic rings. The van der Waals surface area contributed by atoms with Crippen LogP contribution in [0.15, 0.2) is 42.5 Å². The Hall–Kier alpha value is -2.17. The van der Waals surface area contributed by atoms with Crippen LogP contribution in [-0.2, 0) is 11.6 Å². The van der Waals surface area contributed by atoms with Crippen molar-refractivity contribution in [2.24, 2.45) is 0 Å². The number of nitrogens with two attached hydrogens (primary N) is 2. The summed E-state index contributed by atoms with van der Waals surface area (Å²) in [7, 11) is 0. The van der Waals surface area contributed by atoms with Crippen LogP contribution in [0.1, 0.15) is 30.5 Å². The average molecular weight is 294 g/mol. The Labute approximate surface area is 121 Å². The summed E-state index contributed by atoms with van der Waals surface area (Å²) in [5.41, 5.74) is 11.2. The van der Waals surface area contributed by atoms with Crippen LogP contribution >= 0.6 is 0 Å². The quantitative estimate of drug-likeness (QED) is 0.816. The molecule has 0 unspecified atom stereocenters. The fraction of sp³-hybridized carbons (Fsp3) is 0.250. The summed E-state index contributed by atoms with van der Waals surface area (Å²) >= 11 is 0. The van der Waals surface area contributed by atoms with Gasteiger partial charge in [0, 0.05) is 16.8 Å². The number of halogens is 3. The van der Waals surface area contributed by atoms with E-state index in [1.165, 1.54) is 12.1 Å². The van der Waals surface area contributed by atoms with Crippen molar-refractivity contribution in [3.8, 4) is 0 Å².